The van der Waals surface area contributed by atoms with Crippen molar-refractivity contribution in [3.8, 4) is 0 Å². The molecule has 1 aromatic rings. The molecule has 156 valence electrons. The number of carbonyl (C=O) groups excluding carboxylic acids is 2. The molecule has 1 rings (SSSR count). The van der Waals surface area contributed by atoms with Crippen LogP contribution in [0.5, 0.6) is 0 Å². The lowest BCUT2D eigenvalue weighted by atomic mass is 10.2. The van der Waals surface area contributed by atoms with E-state index in [1.54, 1.807) is 0 Å². The SMILES string of the molecule is CCNC(=NCc1ccc(NC(=O)C(C)C)cc1)NCCC(=O)N(CC)CC. The van der Waals surface area contributed by atoms with Crippen molar-refractivity contribution in [3.05, 3.63) is 29.8 Å². The van der Waals surface area contributed by atoms with Crippen LogP contribution >= 0.6 is 0 Å². The minimum Gasteiger partial charge on any atom is -0.357 e. The lowest BCUT2D eigenvalue weighted by Gasteiger charge is -2.19. The number of benzene rings is 1. The predicted molar refractivity (Wildman–Crippen MR) is 115 cm³/mol. The molecule has 3 N–H and O–H groups in total. The van der Waals surface area contributed by atoms with Crippen molar-refractivity contribution < 1.29 is 9.59 Å². The Bertz CT molecular complexity index is 637. The van der Waals surface area contributed by atoms with Crippen molar-refractivity contribution in [2.75, 3.05) is 31.5 Å². The van der Waals surface area contributed by atoms with Gasteiger partial charge in [0, 0.05) is 44.2 Å². The van der Waals surface area contributed by atoms with Gasteiger partial charge in [-0.05, 0) is 38.5 Å². The highest BCUT2D eigenvalue weighted by molar-refractivity contribution is 5.92. The maximum absolute atomic E-state index is 12.1. The van der Waals surface area contributed by atoms with Gasteiger partial charge < -0.3 is 20.9 Å². The Morgan fingerprint density at radius 2 is 1.68 bits per heavy atom. The van der Waals surface area contributed by atoms with Crippen LogP contribution in [0.4, 0.5) is 5.69 Å². The number of amides is 2. The highest BCUT2D eigenvalue weighted by Gasteiger charge is 2.09. The Hall–Kier alpha value is -2.57. The van der Waals surface area contributed by atoms with Crippen LogP contribution in [-0.2, 0) is 16.1 Å². The smallest absolute Gasteiger partial charge is 0.226 e. The number of aliphatic imine (C=N–C) groups is 1. The fourth-order valence-electron chi connectivity index (χ4n) is 2.51. The van der Waals surface area contributed by atoms with Crippen molar-refractivity contribution in [2.24, 2.45) is 10.9 Å². The number of nitrogens with one attached hydrogen (secondary N) is 3. The van der Waals surface area contributed by atoms with Crippen molar-refractivity contribution in [1.82, 2.24) is 15.5 Å². The van der Waals surface area contributed by atoms with Crippen molar-refractivity contribution in [2.45, 2.75) is 47.6 Å². The number of rotatable bonds is 10. The molecular formula is C21H35N5O2. The highest BCUT2D eigenvalue weighted by atomic mass is 16.2. The molecule has 0 unspecified atom stereocenters. The molecule has 0 radical (unpaired) electrons. The average Bonchev–Trinajstić information content (AvgIpc) is 2.68. The van der Waals surface area contributed by atoms with Crippen LogP contribution in [0.2, 0.25) is 0 Å². The molecule has 2 amide bonds. The minimum atomic E-state index is -0.0494. The lowest BCUT2D eigenvalue weighted by Crippen LogP contribution is -2.40. The molecule has 7 nitrogen and oxygen atoms in total. The van der Waals surface area contributed by atoms with E-state index in [0.29, 0.717) is 25.5 Å². The maximum Gasteiger partial charge on any atom is 0.226 e. The second-order valence-corrected chi connectivity index (χ2v) is 6.78. The van der Waals surface area contributed by atoms with Crippen molar-refractivity contribution >= 4 is 23.5 Å². The number of hydrogen-bond donors (Lipinski definition) is 3. The molecule has 28 heavy (non-hydrogen) atoms. The number of carbonyl (C=O) groups is 2. The molecule has 1 aromatic carbocycles. The Kier molecular flexibility index (Phi) is 10.7. The fourth-order valence-corrected chi connectivity index (χ4v) is 2.51. The van der Waals surface area contributed by atoms with Crippen LogP contribution in [0, 0.1) is 5.92 Å². The molecule has 0 spiro atoms. The summed E-state index contributed by atoms with van der Waals surface area (Å²) in [6.45, 7) is 13.0. The molecule has 0 aliphatic carbocycles. The summed E-state index contributed by atoms with van der Waals surface area (Å²) < 4.78 is 0. The van der Waals surface area contributed by atoms with Gasteiger partial charge in [-0.2, -0.15) is 0 Å². The highest BCUT2D eigenvalue weighted by Crippen LogP contribution is 2.11. The summed E-state index contributed by atoms with van der Waals surface area (Å²) in [5, 5.41) is 9.28. The van der Waals surface area contributed by atoms with E-state index in [1.807, 2.05) is 63.8 Å². The Labute approximate surface area is 169 Å². The Morgan fingerprint density at radius 3 is 2.21 bits per heavy atom. The lowest BCUT2D eigenvalue weighted by molar-refractivity contribution is -0.130. The molecule has 0 bridgehead atoms. The van der Waals surface area contributed by atoms with Crippen LogP contribution in [0.3, 0.4) is 0 Å². The molecular weight excluding hydrogens is 354 g/mol. The van der Waals surface area contributed by atoms with Gasteiger partial charge in [-0.1, -0.05) is 26.0 Å². The molecule has 0 aromatic heterocycles. The summed E-state index contributed by atoms with van der Waals surface area (Å²) >= 11 is 0. The fraction of sp³-hybridized carbons (Fsp3) is 0.571. The predicted octanol–water partition coefficient (Wildman–Crippen LogP) is 2.59. The van der Waals surface area contributed by atoms with Gasteiger partial charge in [0.15, 0.2) is 5.96 Å². The number of guanidine groups is 1. The number of nitrogens with zero attached hydrogens (tertiary/aromatic N) is 2. The van der Waals surface area contributed by atoms with Gasteiger partial charge in [0.05, 0.1) is 6.54 Å². The van der Waals surface area contributed by atoms with E-state index in [0.717, 1.165) is 30.9 Å². The van der Waals surface area contributed by atoms with Gasteiger partial charge in [-0.25, -0.2) is 4.99 Å². The van der Waals surface area contributed by atoms with Crippen LogP contribution in [0.1, 0.15) is 46.6 Å². The second-order valence-electron chi connectivity index (χ2n) is 6.78. The number of anilines is 1. The summed E-state index contributed by atoms with van der Waals surface area (Å²) in [5.74, 6) is 0.787. The van der Waals surface area contributed by atoms with Crippen molar-refractivity contribution in [3.63, 3.8) is 0 Å². The first-order valence-corrected chi connectivity index (χ1v) is 10.1. The van der Waals surface area contributed by atoms with Gasteiger partial charge in [0.25, 0.3) is 0 Å². The molecule has 7 heteroatoms. The molecule has 0 saturated carbocycles. The van der Waals surface area contributed by atoms with Gasteiger partial charge in [0.1, 0.15) is 0 Å². The zero-order valence-electron chi connectivity index (χ0n) is 17.8. The van der Waals surface area contributed by atoms with E-state index in [-0.39, 0.29) is 17.7 Å². The molecule has 0 aliphatic heterocycles. The zero-order chi connectivity index (χ0) is 20.9. The summed E-state index contributed by atoms with van der Waals surface area (Å²) in [7, 11) is 0. The van der Waals surface area contributed by atoms with Crippen molar-refractivity contribution in [1.29, 1.82) is 0 Å². The second kappa shape index (κ2) is 12.8. The van der Waals surface area contributed by atoms with Gasteiger partial charge >= 0.3 is 0 Å². The summed E-state index contributed by atoms with van der Waals surface area (Å²) in [6, 6.07) is 7.67. The van der Waals surface area contributed by atoms with Crippen LogP contribution in [0.25, 0.3) is 0 Å². The van der Waals surface area contributed by atoms with E-state index < -0.39 is 0 Å². The quantitative estimate of drug-likeness (QED) is 0.424. The van der Waals surface area contributed by atoms with Gasteiger partial charge in [-0.15, -0.1) is 0 Å². The van der Waals surface area contributed by atoms with Crippen LogP contribution < -0.4 is 16.0 Å². The third-order valence-corrected chi connectivity index (χ3v) is 4.26. The first-order valence-electron chi connectivity index (χ1n) is 10.1. The van der Waals surface area contributed by atoms with E-state index in [9.17, 15) is 9.59 Å². The molecule has 0 aliphatic rings. The largest absolute Gasteiger partial charge is 0.357 e. The maximum atomic E-state index is 12.1. The molecule has 0 saturated heterocycles. The first-order chi connectivity index (χ1) is 13.4. The average molecular weight is 390 g/mol. The Morgan fingerprint density at radius 1 is 1.04 bits per heavy atom. The minimum absolute atomic E-state index is 0.00339. The molecule has 0 fully saturated rings. The summed E-state index contributed by atoms with van der Waals surface area (Å²) in [5.41, 5.74) is 1.82. The first kappa shape index (κ1) is 23.5. The summed E-state index contributed by atoms with van der Waals surface area (Å²) in [4.78, 5) is 30.2. The standard InChI is InChI=1S/C21H35N5O2/c1-6-22-21(23-14-13-19(27)26(7-2)8-3)24-15-17-9-11-18(12-10-17)25-20(28)16(4)5/h9-12,16H,6-8,13-15H2,1-5H3,(H,25,28)(H2,22,23,24). The molecule has 0 atom stereocenters. The third kappa shape index (κ3) is 8.41. The number of hydrogen-bond acceptors (Lipinski definition) is 3. The van der Waals surface area contributed by atoms with E-state index in [2.05, 4.69) is 20.9 Å². The van der Waals surface area contributed by atoms with Crippen LogP contribution in [0.15, 0.2) is 29.3 Å². The summed E-state index contributed by atoms with van der Waals surface area (Å²) in [6.07, 6.45) is 0.441. The topological polar surface area (TPSA) is 85.8 Å². The monoisotopic (exact) mass is 389 g/mol. The van der Waals surface area contributed by atoms with E-state index >= 15 is 0 Å². The Balaban J connectivity index is 2.57. The molecule has 0 heterocycles. The normalized spacial score (nSPS) is 11.3. The van der Waals surface area contributed by atoms with Gasteiger partial charge in [-0.3, -0.25) is 9.59 Å². The third-order valence-electron chi connectivity index (χ3n) is 4.26. The van der Waals surface area contributed by atoms with E-state index in [1.165, 1.54) is 0 Å². The van der Waals surface area contributed by atoms with Gasteiger partial charge in [0.2, 0.25) is 11.8 Å². The van der Waals surface area contributed by atoms with E-state index in [4.69, 9.17) is 0 Å². The van der Waals surface area contributed by atoms with Crippen LogP contribution in [-0.4, -0.2) is 48.9 Å². The zero-order valence-corrected chi connectivity index (χ0v) is 17.8.